The van der Waals surface area contributed by atoms with Crippen LogP contribution in [-0.2, 0) is 32.7 Å². The molecule has 0 aromatic rings. The molecule has 10 nitrogen and oxygen atoms in total. The van der Waals surface area contributed by atoms with Crippen LogP contribution in [0.1, 0.15) is 239 Å². The minimum Gasteiger partial charge on any atom is -0.462 e. The monoisotopic (exact) mass is 847 g/mol. The van der Waals surface area contributed by atoms with Crippen LogP contribution in [0.2, 0.25) is 0 Å². The van der Waals surface area contributed by atoms with Crippen molar-refractivity contribution in [2.45, 2.75) is 251 Å². The molecule has 0 amide bonds. The highest BCUT2D eigenvalue weighted by Gasteiger charge is 2.27. The zero-order valence-corrected chi connectivity index (χ0v) is 38.4. The maximum Gasteiger partial charge on any atom is 0.472 e. The van der Waals surface area contributed by atoms with Crippen molar-refractivity contribution < 1.29 is 47.8 Å². The maximum atomic E-state index is 12.7. The number of rotatable bonds is 46. The molecule has 0 aliphatic heterocycles. The van der Waals surface area contributed by atoms with Gasteiger partial charge in [-0.2, -0.15) is 0 Å². The highest BCUT2D eigenvalue weighted by atomic mass is 31.2. The van der Waals surface area contributed by atoms with E-state index in [1.807, 2.05) is 0 Å². The van der Waals surface area contributed by atoms with E-state index >= 15 is 0 Å². The second-order valence-corrected chi connectivity index (χ2v) is 17.9. The molecule has 11 heteroatoms. The average molecular weight is 847 g/mol. The minimum atomic E-state index is -4.62. The molecule has 0 aliphatic carbocycles. The second-order valence-electron chi connectivity index (χ2n) is 16.5. The van der Waals surface area contributed by atoms with E-state index in [4.69, 9.17) is 23.6 Å². The summed E-state index contributed by atoms with van der Waals surface area (Å²) in [6, 6.07) is 0. The molecular weight excluding hydrogens is 755 g/mol. The number of carbonyl (C=O) groups is 2. The Morgan fingerprint density at radius 2 is 0.845 bits per heavy atom. The number of esters is 2. The van der Waals surface area contributed by atoms with Gasteiger partial charge in [0.1, 0.15) is 12.7 Å². The molecule has 0 aliphatic rings. The van der Waals surface area contributed by atoms with Crippen molar-refractivity contribution in [3.63, 3.8) is 0 Å². The molecule has 58 heavy (non-hydrogen) atoms. The van der Waals surface area contributed by atoms with Gasteiger partial charge in [-0.25, -0.2) is 4.57 Å². The molecule has 0 heterocycles. The van der Waals surface area contributed by atoms with Crippen molar-refractivity contribution in [3.05, 3.63) is 12.2 Å². The first kappa shape index (κ1) is 56.7. The summed E-state index contributed by atoms with van der Waals surface area (Å²) in [7, 11) is -4.62. The highest BCUT2D eigenvalue weighted by Crippen LogP contribution is 2.43. The highest BCUT2D eigenvalue weighted by molar-refractivity contribution is 7.47. The fraction of sp³-hybridized carbons (Fsp3) is 0.915. The average Bonchev–Trinajstić information content (AvgIpc) is 3.21. The summed E-state index contributed by atoms with van der Waals surface area (Å²) < 4.78 is 32.8. The van der Waals surface area contributed by atoms with Gasteiger partial charge in [0.2, 0.25) is 0 Å². The van der Waals surface area contributed by atoms with Crippen LogP contribution in [0.4, 0.5) is 0 Å². The smallest absolute Gasteiger partial charge is 0.462 e. The van der Waals surface area contributed by atoms with Crippen LogP contribution >= 0.6 is 7.82 Å². The van der Waals surface area contributed by atoms with Crippen LogP contribution in [0, 0.1) is 0 Å². The lowest BCUT2D eigenvalue weighted by atomic mass is 10.0. The molecular formula is C47H91O10P. The standard InChI is InChI=1S/C47H91O10P/c1-3-5-7-9-11-13-15-17-19-20-21-22-23-24-25-27-29-31-33-35-37-39-47(51)57-45(43-56-58(52,53)55-41-44(49)40-48)42-54-46(50)38-36-34-32-30-28-26-18-16-14-12-10-8-6-4-2/h16,18,44-45,48-49H,3-15,17,19-43H2,1-2H3,(H,52,53)/b18-16+/t44-,45+/m0/s1. The van der Waals surface area contributed by atoms with E-state index in [0.717, 1.165) is 51.4 Å². The van der Waals surface area contributed by atoms with E-state index in [1.165, 1.54) is 148 Å². The predicted molar refractivity (Wildman–Crippen MR) is 238 cm³/mol. The molecule has 0 fully saturated rings. The van der Waals surface area contributed by atoms with E-state index in [1.54, 1.807) is 0 Å². The first-order valence-electron chi connectivity index (χ1n) is 24.1. The van der Waals surface area contributed by atoms with E-state index < -0.39 is 51.8 Å². The molecule has 0 aromatic carbocycles. The third kappa shape index (κ3) is 42.8. The number of ether oxygens (including phenoxy) is 2. The fourth-order valence-corrected chi connectivity index (χ4v) is 7.72. The lowest BCUT2D eigenvalue weighted by Crippen LogP contribution is -2.29. The fourth-order valence-electron chi connectivity index (χ4n) is 6.93. The molecule has 3 N–H and O–H groups in total. The summed E-state index contributed by atoms with van der Waals surface area (Å²) in [4.78, 5) is 35.1. The zero-order chi connectivity index (χ0) is 42.6. The van der Waals surface area contributed by atoms with Gasteiger partial charge < -0.3 is 24.6 Å². The second kappa shape index (κ2) is 43.8. The quantitative estimate of drug-likeness (QED) is 0.0234. The molecule has 0 radical (unpaired) electrons. The van der Waals surface area contributed by atoms with Crippen molar-refractivity contribution >= 4 is 19.8 Å². The number of aliphatic hydroxyl groups excluding tert-OH is 2. The number of hydrogen-bond donors (Lipinski definition) is 3. The van der Waals surface area contributed by atoms with Gasteiger partial charge in [0.05, 0.1) is 19.8 Å². The Morgan fingerprint density at radius 3 is 1.24 bits per heavy atom. The van der Waals surface area contributed by atoms with E-state index in [9.17, 15) is 24.2 Å². The van der Waals surface area contributed by atoms with Crippen LogP contribution in [0.25, 0.3) is 0 Å². The lowest BCUT2D eigenvalue weighted by Gasteiger charge is -2.20. The van der Waals surface area contributed by atoms with E-state index in [2.05, 4.69) is 26.0 Å². The van der Waals surface area contributed by atoms with Crippen LogP contribution in [0.3, 0.4) is 0 Å². The van der Waals surface area contributed by atoms with Gasteiger partial charge in [-0.15, -0.1) is 0 Å². The summed E-state index contributed by atoms with van der Waals surface area (Å²) in [5.41, 5.74) is 0. The zero-order valence-electron chi connectivity index (χ0n) is 37.5. The van der Waals surface area contributed by atoms with Crippen molar-refractivity contribution in [2.24, 2.45) is 0 Å². The third-order valence-corrected chi connectivity index (χ3v) is 11.6. The van der Waals surface area contributed by atoms with E-state index in [0.29, 0.717) is 12.8 Å². The van der Waals surface area contributed by atoms with E-state index in [-0.39, 0.29) is 19.4 Å². The van der Waals surface area contributed by atoms with Gasteiger partial charge in [-0.3, -0.25) is 18.6 Å². The minimum absolute atomic E-state index is 0.189. The number of hydrogen-bond acceptors (Lipinski definition) is 9. The van der Waals surface area contributed by atoms with Crippen molar-refractivity contribution in [3.8, 4) is 0 Å². The number of phosphoric acid groups is 1. The predicted octanol–water partition coefficient (Wildman–Crippen LogP) is 13.2. The first-order valence-corrected chi connectivity index (χ1v) is 25.6. The number of phosphoric ester groups is 1. The van der Waals surface area contributed by atoms with Gasteiger partial charge >= 0.3 is 19.8 Å². The molecule has 0 saturated carbocycles. The van der Waals surface area contributed by atoms with Crippen molar-refractivity contribution in [2.75, 3.05) is 26.4 Å². The number of aliphatic hydroxyl groups is 2. The summed E-state index contributed by atoms with van der Waals surface area (Å²) in [5.74, 6) is -0.921. The number of carbonyl (C=O) groups excluding carboxylic acids is 2. The Hall–Kier alpha value is -1.29. The number of allylic oxidation sites excluding steroid dienone is 2. The molecule has 0 spiro atoms. The van der Waals surface area contributed by atoms with Crippen LogP contribution in [0.15, 0.2) is 12.2 Å². The van der Waals surface area contributed by atoms with Gasteiger partial charge in [-0.05, 0) is 38.5 Å². The normalized spacial score (nSPS) is 13.8. The summed E-state index contributed by atoms with van der Waals surface area (Å²) in [6.45, 7) is 2.41. The van der Waals surface area contributed by atoms with Gasteiger partial charge in [0, 0.05) is 12.8 Å². The Kier molecular flexibility index (Phi) is 42.8. The van der Waals surface area contributed by atoms with Gasteiger partial charge in [0.25, 0.3) is 0 Å². The molecule has 1 unspecified atom stereocenters. The third-order valence-electron chi connectivity index (χ3n) is 10.7. The Morgan fingerprint density at radius 1 is 0.500 bits per heavy atom. The molecule has 3 atom stereocenters. The van der Waals surface area contributed by atoms with Crippen LogP contribution in [-0.4, -0.2) is 65.7 Å². The molecule has 0 bridgehead atoms. The summed E-state index contributed by atoms with van der Waals surface area (Å²) in [6.07, 6.45) is 43.2. The van der Waals surface area contributed by atoms with Crippen molar-refractivity contribution in [1.29, 1.82) is 0 Å². The Bertz CT molecular complexity index is 977. The summed E-state index contributed by atoms with van der Waals surface area (Å²) >= 11 is 0. The first-order chi connectivity index (χ1) is 28.2. The Balaban J connectivity index is 4.17. The molecule has 344 valence electrons. The van der Waals surface area contributed by atoms with Gasteiger partial charge in [-0.1, -0.05) is 199 Å². The molecule has 0 rings (SSSR count). The molecule has 0 saturated heterocycles. The Labute approximate surface area is 356 Å². The van der Waals surface area contributed by atoms with Crippen LogP contribution in [0.5, 0.6) is 0 Å². The van der Waals surface area contributed by atoms with Crippen molar-refractivity contribution in [1.82, 2.24) is 0 Å². The maximum absolute atomic E-state index is 12.7. The number of unbranched alkanes of at least 4 members (excludes halogenated alkanes) is 30. The largest absolute Gasteiger partial charge is 0.472 e. The van der Waals surface area contributed by atoms with Gasteiger partial charge in [0.15, 0.2) is 6.10 Å². The lowest BCUT2D eigenvalue weighted by molar-refractivity contribution is -0.161. The summed E-state index contributed by atoms with van der Waals surface area (Å²) in [5, 5.41) is 18.4. The topological polar surface area (TPSA) is 149 Å². The van der Waals surface area contributed by atoms with Crippen LogP contribution < -0.4 is 0 Å². The SMILES string of the molecule is CCCCCCC/C=C/CCCCCCCC(=O)OC[C@H](COP(=O)(O)OC[C@@H](O)CO)OC(=O)CCCCCCCCCCCCCCCCCCCCCCC. The molecule has 0 aromatic heterocycles.